The van der Waals surface area contributed by atoms with Gasteiger partial charge in [-0.15, -0.1) is 0 Å². The molecular formula is C24H15BrO7. The van der Waals surface area contributed by atoms with Crippen molar-refractivity contribution in [2.45, 2.75) is 19.4 Å². The van der Waals surface area contributed by atoms with Gasteiger partial charge in [-0.25, -0.2) is 4.79 Å². The molecule has 160 valence electrons. The third-order valence-corrected chi connectivity index (χ3v) is 5.73. The molecule has 3 aromatic rings. The molecule has 1 spiro atoms. The fourth-order valence-electron chi connectivity index (χ4n) is 4.11. The van der Waals surface area contributed by atoms with Crippen molar-refractivity contribution in [1.29, 1.82) is 0 Å². The van der Waals surface area contributed by atoms with Crippen LogP contribution in [0.15, 0.2) is 59.1 Å². The Labute approximate surface area is 191 Å². The van der Waals surface area contributed by atoms with Crippen LogP contribution in [0.5, 0.6) is 23.0 Å². The number of hydrogen-bond acceptors (Lipinski definition) is 7. The number of ether oxygens (including phenoxy) is 4. The van der Waals surface area contributed by atoms with Crippen molar-refractivity contribution in [1.82, 2.24) is 0 Å². The second kappa shape index (κ2) is 7.20. The number of carbonyl (C=O) groups excluding carboxylic acids is 3. The van der Waals surface area contributed by atoms with Crippen molar-refractivity contribution in [3.8, 4) is 23.0 Å². The van der Waals surface area contributed by atoms with E-state index < -0.39 is 23.5 Å². The fraction of sp³-hybridized carbons (Fsp3) is 0.125. The van der Waals surface area contributed by atoms with E-state index in [4.69, 9.17) is 18.9 Å². The Hall–Kier alpha value is -3.65. The molecule has 0 atom stereocenters. The molecule has 0 radical (unpaired) electrons. The summed E-state index contributed by atoms with van der Waals surface area (Å²) in [7, 11) is 0. The number of hydrogen-bond donors (Lipinski definition) is 0. The SMILES string of the molecule is CC(=O)Oc1ccc2c(c1)Oc1cc(OC(C)=O)ccc1C21OC(=O)c2ccc(Br)cc21. The normalized spacial score (nSPS) is 14.5. The number of esters is 3. The van der Waals surface area contributed by atoms with Crippen molar-refractivity contribution < 1.29 is 33.3 Å². The lowest BCUT2D eigenvalue weighted by molar-refractivity contribution is -0.132. The van der Waals surface area contributed by atoms with Gasteiger partial charge in [0.15, 0.2) is 5.60 Å². The Morgan fingerprint density at radius 1 is 0.812 bits per heavy atom. The summed E-state index contributed by atoms with van der Waals surface area (Å²) in [5.74, 6) is -0.174. The van der Waals surface area contributed by atoms with E-state index in [9.17, 15) is 14.4 Å². The van der Waals surface area contributed by atoms with E-state index in [0.717, 1.165) is 4.47 Å². The van der Waals surface area contributed by atoms with Crippen LogP contribution < -0.4 is 14.2 Å². The van der Waals surface area contributed by atoms with Crippen molar-refractivity contribution in [2.75, 3.05) is 0 Å². The average Bonchev–Trinajstić information content (AvgIpc) is 2.99. The molecule has 3 aromatic carbocycles. The highest BCUT2D eigenvalue weighted by Crippen LogP contribution is 2.57. The maximum absolute atomic E-state index is 12.9. The fourth-order valence-corrected chi connectivity index (χ4v) is 4.47. The third-order valence-electron chi connectivity index (χ3n) is 5.23. The highest BCUT2D eigenvalue weighted by molar-refractivity contribution is 9.10. The molecule has 0 amide bonds. The van der Waals surface area contributed by atoms with Gasteiger partial charge in [0.05, 0.1) is 5.56 Å². The van der Waals surface area contributed by atoms with Gasteiger partial charge >= 0.3 is 17.9 Å². The Bertz CT molecular complexity index is 1260. The largest absolute Gasteiger partial charge is 0.456 e. The lowest BCUT2D eigenvalue weighted by atomic mass is 9.77. The topological polar surface area (TPSA) is 88.1 Å². The number of benzene rings is 3. The third kappa shape index (κ3) is 3.06. The van der Waals surface area contributed by atoms with Gasteiger partial charge in [0.1, 0.15) is 23.0 Å². The van der Waals surface area contributed by atoms with Gasteiger partial charge in [-0.3, -0.25) is 9.59 Å². The molecule has 2 aliphatic heterocycles. The molecule has 2 aliphatic rings. The highest BCUT2D eigenvalue weighted by Gasteiger charge is 2.53. The second-order valence-corrected chi connectivity index (χ2v) is 8.28. The maximum Gasteiger partial charge on any atom is 0.340 e. The summed E-state index contributed by atoms with van der Waals surface area (Å²) in [5, 5.41) is 0. The Kier molecular flexibility index (Phi) is 4.56. The van der Waals surface area contributed by atoms with Crippen LogP contribution in [0, 0.1) is 0 Å². The van der Waals surface area contributed by atoms with Crippen LogP contribution in [0.4, 0.5) is 0 Å². The van der Waals surface area contributed by atoms with Gasteiger partial charge in [0.25, 0.3) is 0 Å². The zero-order chi connectivity index (χ0) is 22.6. The van der Waals surface area contributed by atoms with Crippen LogP contribution in [-0.4, -0.2) is 17.9 Å². The summed E-state index contributed by atoms with van der Waals surface area (Å²) < 4.78 is 23.3. The van der Waals surface area contributed by atoms with Gasteiger partial charge in [0.2, 0.25) is 0 Å². The molecule has 0 aromatic heterocycles. The highest BCUT2D eigenvalue weighted by atomic mass is 79.9. The Morgan fingerprint density at radius 3 is 1.91 bits per heavy atom. The quantitative estimate of drug-likeness (QED) is 0.371. The maximum atomic E-state index is 12.9. The van der Waals surface area contributed by atoms with E-state index in [1.54, 1.807) is 48.5 Å². The molecule has 0 saturated heterocycles. The first-order valence-corrected chi connectivity index (χ1v) is 10.4. The van der Waals surface area contributed by atoms with E-state index in [2.05, 4.69) is 15.9 Å². The second-order valence-electron chi connectivity index (χ2n) is 7.37. The van der Waals surface area contributed by atoms with E-state index in [0.29, 0.717) is 33.8 Å². The summed E-state index contributed by atoms with van der Waals surface area (Å²) in [6.07, 6.45) is 0. The van der Waals surface area contributed by atoms with Crippen molar-refractivity contribution >= 4 is 33.8 Å². The minimum atomic E-state index is -1.29. The zero-order valence-corrected chi connectivity index (χ0v) is 18.5. The zero-order valence-electron chi connectivity index (χ0n) is 16.9. The van der Waals surface area contributed by atoms with Crippen LogP contribution in [0.25, 0.3) is 0 Å². The summed E-state index contributed by atoms with van der Waals surface area (Å²) in [6.45, 7) is 2.60. The van der Waals surface area contributed by atoms with E-state index in [1.165, 1.54) is 13.8 Å². The number of fused-ring (bicyclic) bond motifs is 6. The molecule has 8 heteroatoms. The lowest BCUT2D eigenvalue weighted by Gasteiger charge is -2.36. The Balaban J connectivity index is 1.78. The molecule has 0 aliphatic carbocycles. The minimum absolute atomic E-state index is 0.282. The van der Waals surface area contributed by atoms with Crippen LogP contribution in [0.2, 0.25) is 0 Å². The summed E-state index contributed by atoms with van der Waals surface area (Å²) in [6, 6.07) is 15.1. The standard InChI is InChI=1S/C24H15BrO7/c1-12(26)29-15-4-7-18-21(10-15)31-22-11-16(30-13(2)27)5-8-19(22)24(18)20-9-14(25)3-6-17(20)23(28)32-24/h3-11H,1-2H3. The number of halogens is 1. The summed E-state index contributed by atoms with van der Waals surface area (Å²) in [5.41, 5.74) is 0.934. The lowest BCUT2D eigenvalue weighted by Crippen LogP contribution is -2.33. The van der Waals surface area contributed by atoms with Gasteiger partial charge in [-0.1, -0.05) is 15.9 Å². The van der Waals surface area contributed by atoms with Crippen LogP contribution in [0.3, 0.4) is 0 Å². The first kappa shape index (κ1) is 20.3. The van der Waals surface area contributed by atoms with Crippen molar-refractivity contribution in [2.24, 2.45) is 0 Å². The molecule has 32 heavy (non-hydrogen) atoms. The van der Waals surface area contributed by atoms with Crippen LogP contribution in [-0.2, 0) is 19.9 Å². The predicted molar refractivity (Wildman–Crippen MR) is 115 cm³/mol. The van der Waals surface area contributed by atoms with Crippen molar-refractivity contribution in [3.05, 3.63) is 81.3 Å². The molecule has 0 N–H and O–H groups in total. The van der Waals surface area contributed by atoms with E-state index in [1.807, 2.05) is 6.07 Å². The first-order chi connectivity index (χ1) is 15.3. The van der Waals surface area contributed by atoms with Gasteiger partial charge in [-0.05, 0) is 42.5 Å². The minimum Gasteiger partial charge on any atom is -0.456 e. The van der Waals surface area contributed by atoms with Crippen LogP contribution in [0.1, 0.15) is 40.9 Å². The number of carbonyl (C=O) groups is 3. The molecule has 5 rings (SSSR count). The molecule has 0 bridgehead atoms. The monoisotopic (exact) mass is 494 g/mol. The smallest absolute Gasteiger partial charge is 0.340 e. The van der Waals surface area contributed by atoms with E-state index >= 15 is 0 Å². The molecular weight excluding hydrogens is 480 g/mol. The molecule has 7 nitrogen and oxygen atoms in total. The predicted octanol–water partition coefficient (Wildman–Crippen LogP) is 4.87. The average molecular weight is 495 g/mol. The van der Waals surface area contributed by atoms with E-state index in [-0.39, 0.29) is 11.5 Å². The number of rotatable bonds is 2. The van der Waals surface area contributed by atoms with Gasteiger partial charge < -0.3 is 18.9 Å². The van der Waals surface area contributed by atoms with Crippen molar-refractivity contribution in [3.63, 3.8) is 0 Å². The summed E-state index contributed by atoms with van der Waals surface area (Å²) in [4.78, 5) is 35.7. The summed E-state index contributed by atoms with van der Waals surface area (Å²) >= 11 is 3.48. The van der Waals surface area contributed by atoms with Crippen LogP contribution >= 0.6 is 15.9 Å². The van der Waals surface area contributed by atoms with Gasteiger partial charge in [0, 0.05) is 47.1 Å². The molecule has 0 fully saturated rings. The Morgan fingerprint density at radius 2 is 1.38 bits per heavy atom. The first-order valence-electron chi connectivity index (χ1n) is 9.65. The molecule has 0 saturated carbocycles. The van der Waals surface area contributed by atoms with Gasteiger partial charge in [-0.2, -0.15) is 0 Å². The molecule has 2 heterocycles. The molecule has 0 unspecified atom stereocenters.